The first-order valence-electron chi connectivity index (χ1n) is 7.87. The Balaban J connectivity index is 1.73. The molecule has 2 aromatic rings. The van der Waals surface area contributed by atoms with E-state index in [0.717, 1.165) is 41.9 Å². The number of nitrogens with one attached hydrogen (secondary N) is 1. The van der Waals surface area contributed by atoms with Gasteiger partial charge in [-0.3, -0.25) is 4.79 Å². The maximum atomic E-state index is 12.5. The van der Waals surface area contributed by atoms with Gasteiger partial charge in [0.2, 0.25) is 5.95 Å². The van der Waals surface area contributed by atoms with E-state index >= 15 is 0 Å². The third kappa shape index (κ3) is 3.91. The third-order valence-electron chi connectivity index (χ3n) is 4.09. The minimum Gasteiger partial charge on any atom is -0.338 e. The number of hydrogen-bond donors (Lipinski definition) is 1. The Morgan fingerprint density at radius 1 is 1.21 bits per heavy atom. The predicted molar refractivity (Wildman–Crippen MR) is 98.6 cm³/mol. The smallest absolute Gasteiger partial charge is 0.274 e. The zero-order valence-electron chi connectivity index (χ0n) is 13.8. The molecule has 0 radical (unpaired) electrons. The lowest BCUT2D eigenvalue weighted by atomic mass is 10.2. The van der Waals surface area contributed by atoms with E-state index in [0.29, 0.717) is 11.6 Å². The third-order valence-corrected chi connectivity index (χ3v) is 4.95. The van der Waals surface area contributed by atoms with E-state index in [2.05, 4.69) is 48.1 Å². The standard InChI is InChI=1S/C17H20BrN5O/c1-12-3-4-13(11-14(12)18)20-16(24)15-5-6-19-17(21-15)23-9-7-22(2)8-10-23/h3-6,11H,7-10H2,1-2H3,(H,20,24). The summed E-state index contributed by atoms with van der Waals surface area (Å²) in [4.78, 5) is 25.6. The monoisotopic (exact) mass is 389 g/mol. The molecule has 1 fully saturated rings. The Morgan fingerprint density at radius 2 is 1.96 bits per heavy atom. The molecule has 0 bridgehead atoms. The first-order valence-corrected chi connectivity index (χ1v) is 8.66. The van der Waals surface area contributed by atoms with Gasteiger partial charge in [-0.05, 0) is 37.7 Å². The number of anilines is 2. The quantitative estimate of drug-likeness (QED) is 0.873. The van der Waals surface area contributed by atoms with Crippen LogP contribution in [0.4, 0.5) is 11.6 Å². The van der Waals surface area contributed by atoms with Crippen LogP contribution >= 0.6 is 15.9 Å². The van der Waals surface area contributed by atoms with E-state index in [1.54, 1.807) is 12.3 Å². The van der Waals surface area contributed by atoms with Crippen molar-refractivity contribution < 1.29 is 4.79 Å². The second-order valence-corrected chi connectivity index (χ2v) is 6.80. The predicted octanol–water partition coefficient (Wildman–Crippen LogP) is 2.55. The van der Waals surface area contributed by atoms with E-state index in [9.17, 15) is 4.79 Å². The Bertz CT molecular complexity index is 744. The maximum absolute atomic E-state index is 12.5. The number of halogens is 1. The number of nitrogens with zero attached hydrogens (tertiary/aromatic N) is 4. The Morgan fingerprint density at radius 3 is 2.67 bits per heavy atom. The summed E-state index contributed by atoms with van der Waals surface area (Å²) >= 11 is 3.47. The molecule has 0 unspecified atom stereocenters. The summed E-state index contributed by atoms with van der Waals surface area (Å²) in [6.45, 7) is 5.68. The zero-order chi connectivity index (χ0) is 17.1. The lowest BCUT2D eigenvalue weighted by molar-refractivity contribution is 0.102. The fourth-order valence-electron chi connectivity index (χ4n) is 2.50. The van der Waals surface area contributed by atoms with Gasteiger partial charge in [-0.2, -0.15) is 0 Å². The average molecular weight is 390 g/mol. The fourth-order valence-corrected chi connectivity index (χ4v) is 2.88. The van der Waals surface area contributed by atoms with Crippen LogP contribution in [0.1, 0.15) is 16.1 Å². The fraction of sp³-hybridized carbons (Fsp3) is 0.353. The first kappa shape index (κ1) is 16.9. The minimum absolute atomic E-state index is 0.233. The van der Waals surface area contributed by atoms with Crippen molar-refractivity contribution in [2.24, 2.45) is 0 Å². The number of aromatic nitrogens is 2. The number of piperazine rings is 1. The number of amides is 1. The van der Waals surface area contributed by atoms with Gasteiger partial charge in [0.05, 0.1) is 0 Å². The molecule has 0 saturated carbocycles. The van der Waals surface area contributed by atoms with Crippen LogP contribution in [-0.2, 0) is 0 Å². The Hall–Kier alpha value is -1.99. The molecular formula is C17H20BrN5O. The van der Waals surface area contributed by atoms with Crippen molar-refractivity contribution in [1.82, 2.24) is 14.9 Å². The highest BCUT2D eigenvalue weighted by molar-refractivity contribution is 9.10. The molecular weight excluding hydrogens is 370 g/mol. The van der Waals surface area contributed by atoms with Crippen molar-refractivity contribution in [2.75, 3.05) is 43.4 Å². The highest BCUT2D eigenvalue weighted by atomic mass is 79.9. The molecule has 7 heteroatoms. The number of benzene rings is 1. The van der Waals surface area contributed by atoms with Crippen molar-refractivity contribution in [3.05, 3.63) is 46.2 Å². The molecule has 0 aliphatic carbocycles. The van der Waals surface area contributed by atoms with Crippen LogP contribution in [0.3, 0.4) is 0 Å². The molecule has 0 atom stereocenters. The molecule has 0 spiro atoms. The second kappa shape index (κ2) is 7.27. The highest BCUT2D eigenvalue weighted by Crippen LogP contribution is 2.21. The first-order chi connectivity index (χ1) is 11.5. The largest absolute Gasteiger partial charge is 0.338 e. The summed E-state index contributed by atoms with van der Waals surface area (Å²) in [6.07, 6.45) is 1.64. The molecule has 1 amide bonds. The Labute approximate surface area is 150 Å². The van der Waals surface area contributed by atoms with Gasteiger partial charge in [0.15, 0.2) is 0 Å². The van der Waals surface area contributed by atoms with Gasteiger partial charge in [0, 0.05) is 42.5 Å². The van der Waals surface area contributed by atoms with E-state index in [4.69, 9.17) is 0 Å². The van der Waals surface area contributed by atoms with Crippen molar-refractivity contribution >= 4 is 33.5 Å². The Kier molecular flexibility index (Phi) is 5.11. The molecule has 1 aromatic heterocycles. The van der Waals surface area contributed by atoms with Crippen LogP contribution in [0.5, 0.6) is 0 Å². The van der Waals surface area contributed by atoms with Crippen LogP contribution in [0.25, 0.3) is 0 Å². The molecule has 1 aromatic carbocycles. The zero-order valence-corrected chi connectivity index (χ0v) is 15.4. The van der Waals surface area contributed by atoms with E-state index in [1.165, 1.54) is 0 Å². The molecule has 3 rings (SSSR count). The number of rotatable bonds is 3. The molecule has 6 nitrogen and oxygen atoms in total. The van der Waals surface area contributed by atoms with Gasteiger partial charge in [-0.1, -0.05) is 22.0 Å². The van der Waals surface area contributed by atoms with Crippen LogP contribution in [-0.4, -0.2) is 54.0 Å². The van der Waals surface area contributed by atoms with E-state index in [-0.39, 0.29) is 5.91 Å². The summed E-state index contributed by atoms with van der Waals surface area (Å²) in [5.41, 5.74) is 2.22. The van der Waals surface area contributed by atoms with Gasteiger partial charge < -0.3 is 15.1 Å². The van der Waals surface area contributed by atoms with E-state index in [1.807, 2.05) is 25.1 Å². The molecule has 1 N–H and O–H groups in total. The molecule has 1 aliphatic heterocycles. The molecule has 24 heavy (non-hydrogen) atoms. The van der Waals surface area contributed by atoms with Gasteiger partial charge in [-0.15, -0.1) is 0 Å². The lowest BCUT2D eigenvalue weighted by Crippen LogP contribution is -2.45. The minimum atomic E-state index is -0.233. The van der Waals surface area contributed by atoms with Crippen LogP contribution in [0.2, 0.25) is 0 Å². The normalized spacial score (nSPS) is 15.4. The average Bonchev–Trinajstić information content (AvgIpc) is 2.59. The molecule has 2 heterocycles. The number of hydrogen-bond acceptors (Lipinski definition) is 5. The maximum Gasteiger partial charge on any atom is 0.274 e. The van der Waals surface area contributed by atoms with Crippen LogP contribution < -0.4 is 10.2 Å². The molecule has 1 aliphatic rings. The number of aryl methyl sites for hydroxylation is 1. The number of likely N-dealkylation sites (N-methyl/N-ethyl adjacent to an activating group) is 1. The van der Waals surface area contributed by atoms with Crippen LogP contribution in [0, 0.1) is 6.92 Å². The summed E-state index contributed by atoms with van der Waals surface area (Å²) < 4.78 is 0.959. The van der Waals surface area contributed by atoms with Gasteiger partial charge in [0.1, 0.15) is 5.69 Å². The topological polar surface area (TPSA) is 61.4 Å². The van der Waals surface area contributed by atoms with Crippen molar-refractivity contribution in [2.45, 2.75) is 6.92 Å². The lowest BCUT2D eigenvalue weighted by Gasteiger charge is -2.32. The summed E-state index contributed by atoms with van der Waals surface area (Å²) in [6, 6.07) is 7.35. The van der Waals surface area contributed by atoms with Gasteiger partial charge >= 0.3 is 0 Å². The highest BCUT2D eigenvalue weighted by Gasteiger charge is 2.18. The van der Waals surface area contributed by atoms with Crippen molar-refractivity contribution in [3.63, 3.8) is 0 Å². The van der Waals surface area contributed by atoms with E-state index < -0.39 is 0 Å². The SMILES string of the molecule is Cc1ccc(NC(=O)c2ccnc(N3CCN(C)CC3)n2)cc1Br. The van der Waals surface area contributed by atoms with Crippen LogP contribution in [0.15, 0.2) is 34.9 Å². The molecule has 1 saturated heterocycles. The van der Waals surface area contributed by atoms with Crippen molar-refractivity contribution in [3.8, 4) is 0 Å². The van der Waals surface area contributed by atoms with Gasteiger partial charge in [-0.25, -0.2) is 9.97 Å². The number of carbonyl (C=O) groups excluding carboxylic acids is 1. The second-order valence-electron chi connectivity index (χ2n) is 5.95. The van der Waals surface area contributed by atoms with Gasteiger partial charge in [0.25, 0.3) is 5.91 Å². The summed E-state index contributed by atoms with van der Waals surface area (Å²) in [7, 11) is 2.10. The number of carbonyl (C=O) groups is 1. The summed E-state index contributed by atoms with van der Waals surface area (Å²) in [5.74, 6) is 0.379. The van der Waals surface area contributed by atoms with Crippen molar-refractivity contribution in [1.29, 1.82) is 0 Å². The summed E-state index contributed by atoms with van der Waals surface area (Å²) in [5, 5.41) is 2.88. The molecule has 126 valence electrons.